The van der Waals surface area contributed by atoms with E-state index in [4.69, 9.17) is 0 Å². The molecule has 1 amide bonds. The van der Waals surface area contributed by atoms with Gasteiger partial charge in [-0.15, -0.1) is 0 Å². The van der Waals surface area contributed by atoms with Crippen LogP contribution in [-0.4, -0.2) is 70.1 Å². The molecule has 0 aliphatic carbocycles. The maximum absolute atomic E-state index is 11.3. The van der Waals surface area contributed by atoms with E-state index in [0.717, 1.165) is 16.7 Å². The summed E-state index contributed by atoms with van der Waals surface area (Å²) < 4.78 is 0. The normalized spacial score (nSPS) is 25.0. The van der Waals surface area contributed by atoms with E-state index >= 15 is 0 Å². The zero-order chi connectivity index (χ0) is 20.1. The van der Waals surface area contributed by atoms with Crippen molar-refractivity contribution in [1.29, 1.82) is 0 Å². The number of amides is 1. The number of carbonyl (C=O) groups excluding carboxylic acids is 1. The molecule has 6 heteroatoms. The zero-order valence-corrected chi connectivity index (χ0v) is 16.0. The minimum absolute atomic E-state index is 0.189. The summed E-state index contributed by atoms with van der Waals surface area (Å²) in [6.07, 6.45) is -1.34. The summed E-state index contributed by atoms with van der Waals surface area (Å²) in [5.74, 6) is -0.189. The highest BCUT2D eigenvalue weighted by Crippen LogP contribution is 2.26. The number of carbonyl (C=O) groups is 1. The molecule has 150 valence electrons. The van der Waals surface area contributed by atoms with E-state index in [0.29, 0.717) is 13.0 Å². The molecule has 1 aliphatic heterocycles. The number of aliphatic hydroxyl groups excluding tert-OH is 3. The Kier molecular flexibility index (Phi) is 6.80. The molecule has 0 aromatic heterocycles. The monoisotopic (exact) mass is 384 g/mol. The fraction of sp³-hybridized carbons (Fsp3) is 0.409. The number of rotatable bonds is 7. The van der Waals surface area contributed by atoms with Crippen molar-refractivity contribution in [3.63, 3.8) is 0 Å². The van der Waals surface area contributed by atoms with Crippen LogP contribution in [0, 0.1) is 0 Å². The molecule has 1 heterocycles. The summed E-state index contributed by atoms with van der Waals surface area (Å²) in [5.41, 5.74) is 3.44. The molecule has 1 saturated heterocycles. The van der Waals surface area contributed by atoms with Crippen molar-refractivity contribution in [1.82, 2.24) is 10.2 Å². The van der Waals surface area contributed by atoms with Crippen LogP contribution in [0.1, 0.15) is 12.5 Å². The maximum atomic E-state index is 11.3. The minimum Gasteiger partial charge on any atom is -0.395 e. The molecule has 6 nitrogen and oxygen atoms in total. The number of hydrogen-bond donors (Lipinski definition) is 4. The van der Waals surface area contributed by atoms with Crippen molar-refractivity contribution in [2.45, 2.75) is 37.6 Å². The van der Waals surface area contributed by atoms with Crippen molar-refractivity contribution in [3.8, 4) is 11.1 Å². The second-order valence-corrected chi connectivity index (χ2v) is 7.29. The van der Waals surface area contributed by atoms with Gasteiger partial charge >= 0.3 is 0 Å². The van der Waals surface area contributed by atoms with Gasteiger partial charge in [0.1, 0.15) is 0 Å². The highest BCUT2D eigenvalue weighted by molar-refractivity contribution is 5.72. The molecule has 0 radical (unpaired) electrons. The Labute approximate surface area is 165 Å². The molecule has 4 N–H and O–H groups in total. The van der Waals surface area contributed by atoms with Crippen molar-refractivity contribution >= 4 is 5.91 Å². The van der Waals surface area contributed by atoms with Gasteiger partial charge in [0.25, 0.3) is 0 Å². The fourth-order valence-corrected chi connectivity index (χ4v) is 3.88. The molecule has 0 saturated carbocycles. The highest BCUT2D eigenvalue weighted by Gasteiger charge is 2.46. The van der Waals surface area contributed by atoms with Gasteiger partial charge in [0, 0.05) is 20.0 Å². The highest BCUT2D eigenvalue weighted by atomic mass is 16.3. The molecule has 3 rings (SSSR count). The number of hydrogen-bond acceptors (Lipinski definition) is 5. The van der Waals surface area contributed by atoms with Gasteiger partial charge in [0.05, 0.1) is 30.9 Å². The summed E-state index contributed by atoms with van der Waals surface area (Å²) in [6.45, 7) is 1.97. The molecule has 4 atom stereocenters. The van der Waals surface area contributed by atoms with E-state index in [1.54, 1.807) is 0 Å². The minimum atomic E-state index is -1.04. The lowest BCUT2D eigenvalue weighted by Gasteiger charge is -2.29. The van der Waals surface area contributed by atoms with Crippen LogP contribution < -0.4 is 5.32 Å². The van der Waals surface area contributed by atoms with Gasteiger partial charge in [-0.1, -0.05) is 54.6 Å². The summed E-state index contributed by atoms with van der Waals surface area (Å²) in [4.78, 5) is 13.2. The molecule has 4 unspecified atom stereocenters. The van der Waals surface area contributed by atoms with Crippen LogP contribution in [0.25, 0.3) is 11.1 Å². The second-order valence-electron chi connectivity index (χ2n) is 7.29. The Morgan fingerprint density at radius 3 is 2.18 bits per heavy atom. The number of benzene rings is 2. The Morgan fingerprint density at radius 1 is 0.964 bits per heavy atom. The van der Waals surface area contributed by atoms with E-state index in [-0.39, 0.29) is 19.1 Å². The van der Waals surface area contributed by atoms with E-state index in [1.807, 2.05) is 23.1 Å². The van der Waals surface area contributed by atoms with E-state index in [1.165, 1.54) is 6.92 Å². The van der Waals surface area contributed by atoms with E-state index < -0.39 is 24.3 Å². The lowest BCUT2D eigenvalue weighted by molar-refractivity contribution is -0.119. The first-order valence-corrected chi connectivity index (χ1v) is 9.63. The summed E-state index contributed by atoms with van der Waals surface area (Å²) in [6, 6.07) is 17.5. The van der Waals surface area contributed by atoms with Crippen LogP contribution in [-0.2, 0) is 11.2 Å². The molecule has 0 bridgehead atoms. The van der Waals surface area contributed by atoms with Crippen molar-refractivity contribution in [2.75, 3.05) is 19.7 Å². The third-order valence-corrected chi connectivity index (χ3v) is 5.46. The predicted octanol–water partition coefficient (Wildman–Crippen LogP) is 0.799. The van der Waals surface area contributed by atoms with Crippen LogP contribution in [0.2, 0.25) is 0 Å². The van der Waals surface area contributed by atoms with Crippen LogP contribution in [0.15, 0.2) is 54.6 Å². The zero-order valence-electron chi connectivity index (χ0n) is 16.0. The second kappa shape index (κ2) is 9.30. The fourth-order valence-electron chi connectivity index (χ4n) is 3.88. The SMILES string of the molecule is CC(=O)NCC1C(O)C(O)C(CO)N1CCc1ccc(-c2ccccc2)cc1. The maximum Gasteiger partial charge on any atom is 0.216 e. The molecule has 2 aromatic carbocycles. The lowest BCUT2D eigenvalue weighted by atomic mass is 10.0. The summed E-state index contributed by atoms with van der Waals surface area (Å²) in [5, 5.41) is 33.0. The number of nitrogens with one attached hydrogen (secondary N) is 1. The standard InChI is InChI=1S/C22H28N2O4/c1-15(26)23-13-19-21(27)22(28)20(14-25)24(19)12-11-16-7-9-18(10-8-16)17-5-3-2-4-6-17/h2-10,19-22,25,27-28H,11-14H2,1H3,(H,23,26). The van der Waals surface area contributed by atoms with Gasteiger partial charge in [-0.3, -0.25) is 9.69 Å². The number of likely N-dealkylation sites (tertiary alicyclic amines) is 1. The van der Waals surface area contributed by atoms with Crippen molar-refractivity contribution in [2.24, 2.45) is 0 Å². The smallest absolute Gasteiger partial charge is 0.216 e. The quantitative estimate of drug-likeness (QED) is 0.567. The average molecular weight is 384 g/mol. The van der Waals surface area contributed by atoms with Crippen LogP contribution in [0.5, 0.6) is 0 Å². The first kappa shape index (κ1) is 20.5. The van der Waals surface area contributed by atoms with Gasteiger partial charge in [0.15, 0.2) is 0 Å². The molecule has 1 fully saturated rings. The van der Waals surface area contributed by atoms with Gasteiger partial charge in [-0.25, -0.2) is 0 Å². The summed E-state index contributed by atoms with van der Waals surface area (Å²) >= 11 is 0. The van der Waals surface area contributed by atoms with Gasteiger partial charge in [-0.05, 0) is 23.1 Å². The van der Waals surface area contributed by atoms with Crippen molar-refractivity contribution < 1.29 is 20.1 Å². The molecule has 2 aromatic rings. The third-order valence-electron chi connectivity index (χ3n) is 5.46. The third kappa shape index (κ3) is 4.59. The predicted molar refractivity (Wildman–Crippen MR) is 108 cm³/mol. The topological polar surface area (TPSA) is 93.0 Å². The van der Waals surface area contributed by atoms with Gasteiger partial charge in [0.2, 0.25) is 5.91 Å². The van der Waals surface area contributed by atoms with E-state index in [9.17, 15) is 20.1 Å². The molecular weight excluding hydrogens is 356 g/mol. The Bertz CT molecular complexity index is 766. The van der Waals surface area contributed by atoms with E-state index in [2.05, 4.69) is 41.7 Å². The van der Waals surface area contributed by atoms with Gasteiger partial charge < -0.3 is 20.6 Å². The van der Waals surface area contributed by atoms with Crippen molar-refractivity contribution in [3.05, 3.63) is 60.2 Å². The molecular formula is C22H28N2O4. The average Bonchev–Trinajstić information content (AvgIpc) is 2.95. The Balaban J connectivity index is 1.67. The molecule has 0 spiro atoms. The Morgan fingerprint density at radius 2 is 1.57 bits per heavy atom. The lowest BCUT2D eigenvalue weighted by Crippen LogP contribution is -2.47. The summed E-state index contributed by atoms with van der Waals surface area (Å²) in [7, 11) is 0. The van der Waals surface area contributed by atoms with Crippen LogP contribution in [0.3, 0.4) is 0 Å². The first-order valence-electron chi connectivity index (χ1n) is 9.63. The molecule has 1 aliphatic rings. The largest absolute Gasteiger partial charge is 0.395 e. The first-order chi connectivity index (χ1) is 13.5. The van der Waals surface area contributed by atoms with Gasteiger partial charge in [-0.2, -0.15) is 0 Å². The number of aliphatic hydroxyl groups is 3. The Hall–Kier alpha value is -2.25. The van der Waals surface area contributed by atoms with Crippen LogP contribution >= 0.6 is 0 Å². The number of nitrogens with zero attached hydrogens (tertiary/aromatic N) is 1. The van der Waals surface area contributed by atoms with Crippen LogP contribution in [0.4, 0.5) is 0 Å². The molecule has 28 heavy (non-hydrogen) atoms.